The summed E-state index contributed by atoms with van der Waals surface area (Å²) in [5.74, 6) is -2.10. The first-order chi connectivity index (χ1) is 28.1. The van der Waals surface area contributed by atoms with Gasteiger partial charge in [-0.1, -0.05) is 47.6 Å². The van der Waals surface area contributed by atoms with Crippen LogP contribution in [0.4, 0.5) is 37.8 Å². The summed E-state index contributed by atoms with van der Waals surface area (Å²) < 4.78 is 77.9. The smallest absolute Gasteiger partial charge is 0.417 e. The van der Waals surface area contributed by atoms with Crippen LogP contribution >= 0.6 is 23.2 Å². The van der Waals surface area contributed by atoms with Crippen molar-refractivity contribution in [3.05, 3.63) is 105 Å². The molecule has 60 heavy (non-hydrogen) atoms. The molecule has 1 amide bonds. The lowest BCUT2D eigenvalue weighted by Gasteiger charge is -2.31. The zero-order valence-corrected chi connectivity index (χ0v) is 33.7. The van der Waals surface area contributed by atoms with Crippen molar-refractivity contribution in [3.63, 3.8) is 0 Å². The van der Waals surface area contributed by atoms with Gasteiger partial charge in [0.05, 0.1) is 34.3 Å². The number of carbonyl (C=O) groups excluding carboxylic acids is 1. The van der Waals surface area contributed by atoms with Gasteiger partial charge in [0, 0.05) is 41.9 Å². The van der Waals surface area contributed by atoms with Crippen LogP contribution in [0, 0.1) is 12.8 Å². The van der Waals surface area contributed by atoms with Gasteiger partial charge in [0.2, 0.25) is 0 Å². The minimum Gasteiger partial charge on any atom is -0.481 e. The summed E-state index contributed by atoms with van der Waals surface area (Å²) in [5.41, 5.74) is 1.06. The molecule has 1 aliphatic heterocycles. The van der Waals surface area contributed by atoms with Crippen LogP contribution in [0.25, 0.3) is 5.82 Å². The fourth-order valence-electron chi connectivity index (χ4n) is 6.82. The lowest BCUT2D eigenvalue weighted by molar-refractivity contribution is -0.138. The van der Waals surface area contributed by atoms with Crippen LogP contribution in [0.5, 0.6) is 0 Å². The molecule has 320 valence electrons. The molecule has 1 saturated carbocycles. The van der Waals surface area contributed by atoms with Gasteiger partial charge in [-0.2, -0.15) is 31.4 Å². The predicted octanol–water partition coefficient (Wildman–Crippen LogP) is 9.23. The zero-order valence-electron chi connectivity index (χ0n) is 32.2. The van der Waals surface area contributed by atoms with Crippen molar-refractivity contribution < 1.29 is 50.9 Å². The Kier molecular flexibility index (Phi) is 14.0. The molecule has 2 aliphatic rings. The number of carboxylic acids is 2. The molecule has 1 aromatic carbocycles. The topological polar surface area (TPSA) is 172 Å². The van der Waals surface area contributed by atoms with E-state index in [1.54, 1.807) is 30.5 Å². The number of rotatable bonds is 11. The molecule has 2 unspecified atom stereocenters. The molecule has 3 aromatic heterocycles. The second-order valence-electron chi connectivity index (χ2n) is 14.2. The maximum Gasteiger partial charge on any atom is 0.417 e. The molecule has 6 rings (SSSR count). The van der Waals surface area contributed by atoms with Crippen molar-refractivity contribution in [2.75, 3.05) is 18.9 Å². The molecule has 13 nitrogen and oxygen atoms in total. The van der Waals surface area contributed by atoms with Crippen molar-refractivity contribution >= 4 is 58.3 Å². The molecule has 4 heterocycles. The summed E-state index contributed by atoms with van der Waals surface area (Å²) in [6, 6.07) is 8.35. The highest BCUT2D eigenvalue weighted by molar-refractivity contribution is 6.33. The van der Waals surface area contributed by atoms with Gasteiger partial charge in [0.1, 0.15) is 29.6 Å². The minimum atomic E-state index is -4.56. The summed E-state index contributed by atoms with van der Waals surface area (Å²) in [6.45, 7) is 3.37. The lowest BCUT2D eigenvalue weighted by Crippen LogP contribution is -2.32. The molecule has 0 radical (unpaired) electrons. The molecule has 1 aliphatic carbocycles. The van der Waals surface area contributed by atoms with Gasteiger partial charge in [0.15, 0.2) is 5.82 Å². The number of quaternary nitrogens is 1. The van der Waals surface area contributed by atoms with Gasteiger partial charge in [0.25, 0.3) is 11.7 Å². The summed E-state index contributed by atoms with van der Waals surface area (Å²) in [4.78, 5) is 41.6. The molecular weight excluding hydrogens is 845 g/mol. The first kappa shape index (κ1) is 45.6. The Morgan fingerprint density at radius 3 is 2.05 bits per heavy atom. The number of alkyl halides is 6. The van der Waals surface area contributed by atoms with E-state index in [1.165, 1.54) is 24.9 Å². The number of nitrogens with one attached hydrogen (secondary N) is 2. The van der Waals surface area contributed by atoms with E-state index >= 15 is 0 Å². The van der Waals surface area contributed by atoms with Gasteiger partial charge in [-0.15, -0.1) is 4.59 Å². The zero-order chi connectivity index (χ0) is 44.2. The first-order valence-electron chi connectivity index (χ1n) is 18.4. The van der Waals surface area contributed by atoms with Gasteiger partial charge in [-0.05, 0) is 69.0 Å². The third kappa shape index (κ3) is 11.0. The lowest BCUT2D eigenvalue weighted by atomic mass is 9.81. The highest BCUT2D eigenvalue weighted by Crippen LogP contribution is 2.40. The van der Waals surface area contributed by atoms with Crippen LogP contribution in [0.1, 0.15) is 84.2 Å². The number of carboxylic acid groups (broad SMARTS) is 2. The fraction of sp³-hybridized carbons (Fsp3) is 0.359. The van der Waals surface area contributed by atoms with Crippen molar-refractivity contribution in [2.24, 2.45) is 11.0 Å². The molecule has 0 bridgehead atoms. The fourth-order valence-corrected chi connectivity index (χ4v) is 7.41. The van der Waals surface area contributed by atoms with Crippen molar-refractivity contribution in [1.29, 1.82) is 0 Å². The van der Waals surface area contributed by atoms with E-state index in [0.717, 1.165) is 61.7 Å². The molecule has 4 aromatic rings. The molecule has 0 saturated heterocycles. The van der Waals surface area contributed by atoms with Gasteiger partial charge < -0.3 is 20.8 Å². The summed E-state index contributed by atoms with van der Waals surface area (Å²) >= 11 is 12.0. The number of nitrogens with zero attached hydrogens (tertiary/aromatic N) is 6. The van der Waals surface area contributed by atoms with E-state index in [2.05, 4.69) is 30.8 Å². The van der Waals surface area contributed by atoms with E-state index in [1.807, 2.05) is 6.92 Å². The number of aliphatic carboxylic acids is 2. The Hall–Kier alpha value is -5.53. The van der Waals surface area contributed by atoms with E-state index < -0.39 is 40.0 Å². The Bertz CT molecular complexity index is 2310. The Morgan fingerprint density at radius 1 is 0.917 bits per heavy atom. The Morgan fingerprint density at radius 2 is 1.52 bits per heavy atom. The third-order valence-corrected chi connectivity index (χ3v) is 10.3. The quantitative estimate of drug-likeness (QED) is 0.0847. The van der Waals surface area contributed by atoms with Crippen molar-refractivity contribution in [2.45, 2.75) is 70.8 Å². The van der Waals surface area contributed by atoms with E-state index in [0.29, 0.717) is 23.4 Å². The number of pyridine rings is 2. The minimum absolute atomic E-state index is 0.0141. The van der Waals surface area contributed by atoms with Crippen molar-refractivity contribution in [3.8, 4) is 5.82 Å². The number of benzene rings is 1. The van der Waals surface area contributed by atoms with Crippen LogP contribution in [0.2, 0.25) is 10.0 Å². The standard InChI is InChI=1S/C27H29ClF3N5O3.C12H9ClF3N3O2/c1-16-21(15-36(35-16)25-22(28)13-19(14-33-25)27(29,30)31)24(17-5-3-2-4-6-17)34-20-9-7-18(8-10-20)26(39)32-12-11-23(37)38;1-6-8(11(20)21)5-19(2,18-6)10-9(13)3-7(4-17-10)12(14,15)16/h7-10,13-15,17,24,34H,2-6,11-12H2,1H3,(H,32,39)(H,37,38);3-5H,1-2H3/p+1. The number of aromatic nitrogens is 4. The number of halogens is 8. The maximum atomic E-state index is 13.1. The second-order valence-corrected chi connectivity index (χ2v) is 15.0. The largest absolute Gasteiger partial charge is 0.481 e. The van der Waals surface area contributed by atoms with E-state index in [-0.39, 0.29) is 57.9 Å². The number of carbonyl (C=O) groups is 3. The number of hydrogen-bond acceptors (Lipinski definition) is 8. The van der Waals surface area contributed by atoms with Crippen LogP contribution in [0.3, 0.4) is 0 Å². The highest BCUT2D eigenvalue weighted by atomic mass is 35.5. The number of hydrogen-bond donors (Lipinski definition) is 4. The van der Waals surface area contributed by atoms with Gasteiger partial charge in [-0.3, -0.25) is 9.59 Å². The predicted molar refractivity (Wildman–Crippen MR) is 211 cm³/mol. The number of aryl methyl sites for hydroxylation is 1. The summed E-state index contributed by atoms with van der Waals surface area (Å²) in [6.07, 6.45) is 0.508. The summed E-state index contributed by atoms with van der Waals surface area (Å²) in [5, 5.41) is 32.1. The average Bonchev–Trinajstić information content (AvgIpc) is 3.71. The van der Waals surface area contributed by atoms with E-state index in [9.17, 15) is 40.7 Å². The van der Waals surface area contributed by atoms with E-state index in [4.69, 9.17) is 33.4 Å². The highest BCUT2D eigenvalue weighted by Gasteiger charge is 2.40. The number of amides is 1. The van der Waals surface area contributed by atoms with Gasteiger partial charge in [-0.25, -0.2) is 19.4 Å². The van der Waals surface area contributed by atoms with Crippen molar-refractivity contribution in [1.82, 2.24) is 29.7 Å². The third-order valence-electron chi connectivity index (χ3n) is 9.79. The molecule has 2 atom stereocenters. The number of anilines is 1. The maximum absolute atomic E-state index is 13.1. The van der Waals surface area contributed by atoms with Gasteiger partial charge >= 0.3 is 24.3 Å². The Labute approximate surface area is 349 Å². The normalized spacial score (nSPS) is 17.5. The summed E-state index contributed by atoms with van der Waals surface area (Å²) in [7, 11) is 1.47. The molecule has 21 heteroatoms. The molecule has 1 fully saturated rings. The average molecular weight is 885 g/mol. The SMILES string of the molecule is CC1=N[N+](C)(c2ncc(C(F)(F)F)cc2Cl)C=C1C(=O)O.Cc1nn(-c2ncc(C(F)(F)F)cc2Cl)cc1C(Nc1ccc(C(=O)NCCC(=O)O)cc1)C1CCCCC1. The first-order valence-corrected chi connectivity index (χ1v) is 19.1. The Balaban J connectivity index is 0.000000274. The molecule has 0 spiro atoms. The monoisotopic (exact) mass is 883 g/mol. The molecular formula is C39H39Cl2F6N8O5+. The van der Waals surface area contributed by atoms with Crippen LogP contribution in [0.15, 0.2) is 71.9 Å². The molecule has 4 N–H and O–H groups in total. The van der Waals surface area contributed by atoms with Crippen LogP contribution in [-0.4, -0.2) is 67.1 Å². The van der Waals surface area contributed by atoms with Crippen LogP contribution < -0.4 is 15.2 Å². The second kappa shape index (κ2) is 18.4. The van der Waals surface area contributed by atoms with Crippen LogP contribution in [-0.2, 0) is 21.9 Å².